The second-order valence-corrected chi connectivity index (χ2v) is 7.27. The third-order valence-corrected chi connectivity index (χ3v) is 4.20. The lowest BCUT2D eigenvalue weighted by atomic mass is 9.89. The number of likely N-dealkylation sites (tertiary alicyclic amines) is 1. The van der Waals surface area contributed by atoms with Gasteiger partial charge in [0.25, 0.3) is 0 Å². The van der Waals surface area contributed by atoms with E-state index in [0.717, 1.165) is 18.4 Å². The van der Waals surface area contributed by atoms with Crippen LogP contribution in [0.4, 0.5) is 9.18 Å². The van der Waals surface area contributed by atoms with Gasteiger partial charge >= 0.3 is 6.09 Å². The van der Waals surface area contributed by atoms with Crippen LogP contribution in [0.25, 0.3) is 0 Å². The van der Waals surface area contributed by atoms with Gasteiger partial charge in [-0.3, -0.25) is 0 Å². The summed E-state index contributed by atoms with van der Waals surface area (Å²) < 4.78 is 19.5. The van der Waals surface area contributed by atoms with E-state index in [1.165, 1.54) is 0 Å². The van der Waals surface area contributed by atoms with Crippen LogP contribution in [0.2, 0.25) is 0 Å². The van der Waals surface area contributed by atoms with E-state index in [4.69, 9.17) is 4.74 Å². The number of amides is 1. The van der Waals surface area contributed by atoms with E-state index in [2.05, 4.69) is 15.9 Å². The normalized spacial score (nSPS) is 16.9. The van der Waals surface area contributed by atoms with Crippen molar-refractivity contribution in [2.24, 2.45) is 0 Å². The van der Waals surface area contributed by atoms with Crippen LogP contribution >= 0.6 is 15.9 Å². The molecule has 0 spiro atoms. The standard InChI is InChI=1S/C16H21BrFNO2/c1-16(2,3)21-15(20)19-8-6-11(7-9-19)12-4-5-13(17)14(18)10-12/h4-5,10-11H,6-9H2,1-3H3. The molecule has 1 aromatic rings. The first-order chi connectivity index (χ1) is 9.76. The van der Waals surface area contributed by atoms with E-state index < -0.39 is 5.60 Å². The molecule has 1 heterocycles. The number of ether oxygens (including phenoxy) is 1. The number of carbonyl (C=O) groups excluding carboxylic acids is 1. The van der Waals surface area contributed by atoms with E-state index >= 15 is 0 Å². The summed E-state index contributed by atoms with van der Waals surface area (Å²) in [4.78, 5) is 13.7. The average molecular weight is 358 g/mol. The van der Waals surface area contributed by atoms with Gasteiger partial charge in [-0.1, -0.05) is 6.07 Å². The molecular formula is C16H21BrFNO2. The predicted molar refractivity (Wildman–Crippen MR) is 83.9 cm³/mol. The number of hydrogen-bond acceptors (Lipinski definition) is 2. The molecule has 1 aromatic carbocycles. The molecule has 0 saturated carbocycles. The van der Waals surface area contributed by atoms with Crippen LogP contribution in [0.15, 0.2) is 22.7 Å². The maximum Gasteiger partial charge on any atom is 0.410 e. The molecular weight excluding hydrogens is 337 g/mol. The maximum atomic E-state index is 13.6. The van der Waals surface area contributed by atoms with Crippen molar-refractivity contribution in [2.45, 2.75) is 45.1 Å². The molecule has 3 nitrogen and oxygen atoms in total. The lowest BCUT2D eigenvalue weighted by Crippen LogP contribution is -2.41. The molecule has 0 aliphatic carbocycles. The quantitative estimate of drug-likeness (QED) is 0.728. The lowest BCUT2D eigenvalue weighted by molar-refractivity contribution is 0.0205. The predicted octanol–water partition coefficient (Wildman–Crippen LogP) is 4.70. The first-order valence-corrected chi connectivity index (χ1v) is 7.98. The van der Waals surface area contributed by atoms with E-state index in [1.54, 1.807) is 17.0 Å². The van der Waals surface area contributed by atoms with Crippen LogP contribution in [-0.4, -0.2) is 29.7 Å². The number of rotatable bonds is 1. The van der Waals surface area contributed by atoms with Gasteiger partial charge < -0.3 is 9.64 Å². The zero-order valence-electron chi connectivity index (χ0n) is 12.7. The summed E-state index contributed by atoms with van der Waals surface area (Å²) in [6, 6.07) is 5.27. The molecule has 5 heteroatoms. The van der Waals surface area contributed by atoms with Gasteiger partial charge in [0, 0.05) is 13.1 Å². The van der Waals surface area contributed by atoms with Crippen molar-refractivity contribution in [3.8, 4) is 0 Å². The Morgan fingerprint density at radius 2 is 1.95 bits per heavy atom. The summed E-state index contributed by atoms with van der Waals surface area (Å²) in [5.41, 5.74) is 0.530. The fourth-order valence-electron chi connectivity index (χ4n) is 2.49. The first-order valence-electron chi connectivity index (χ1n) is 7.19. The van der Waals surface area contributed by atoms with Crippen molar-refractivity contribution in [2.75, 3.05) is 13.1 Å². The van der Waals surface area contributed by atoms with Crippen LogP contribution in [0.3, 0.4) is 0 Å². The Hall–Kier alpha value is -1.10. The molecule has 1 fully saturated rings. The van der Waals surface area contributed by atoms with E-state index in [1.807, 2.05) is 26.8 Å². The van der Waals surface area contributed by atoms with Crippen LogP contribution in [0.5, 0.6) is 0 Å². The molecule has 0 unspecified atom stereocenters. The molecule has 116 valence electrons. The zero-order valence-corrected chi connectivity index (χ0v) is 14.2. The monoisotopic (exact) mass is 357 g/mol. The van der Waals surface area contributed by atoms with Crippen molar-refractivity contribution in [3.05, 3.63) is 34.1 Å². The van der Waals surface area contributed by atoms with Gasteiger partial charge in [0.2, 0.25) is 0 Å². The second-order valence-electron chi connectivity index (χ2n) is 6.42. The minimum atomic E-state index is -0.469. The third-order valence-electron chi connectivity index (χ3n) is 3.56. The second kappa shape index (κ2) is 6.34. The molecule has 0 radical (unpaired) electrons. The van der Waals surface area contributed by atoms with Crippen molar-refractivity contribution in [1.82, 2.24) is 4.90 Å². The van der Waals surface area contributed by atoms with Crippen molar-refractivity contribution >= 4 is 22.0 Å². The first kappa shape index (κ1) is 16.3. The van der Waals surface area contributed by atoms with Crippen molar-refractivity contribution in [3.63, 3.8) is 0 Å². The number of nitrogens with zero attached hydrogens (tertiary/aromatic N) is 1. The largest absolute Gasteiger partial charge is 0.444 e. The summed E-state index contributed by atoms with van der Waals surface area (Å²) in [6.07, 6.45) is 1.41. The highest BCUT2D eigenvalue weighted by Crippen LogP contribution is 2.30. The fourth-order valence-corrected chi connectivity index (χ4v) is 2.73. The summed E-state index contributed by atoms with van der Waals surface area (Å²) in [5.74, 6) is 0.0633. The Balaban J connectivity index is 1.94. The fraction of sp³-hybridized carbons (Fsp3) is 0.562. The number of hydrogen-bond donors (Lipinski definition) is 0. The van der Waals surface area contributed by atoms with Gasteiger partial charge in [-0.25, -0.2) is 9.18 Å². The number of benzene rings is 1. The smallest absolute Gasteiger partial charge is 0.410 e. The van der Waals surface area contributed by atoms with E-state index in [0.29, 0.717) is 23.5 Å². The van der Waals surface area contributed by atoms with Gasteiger partial charge in [0.05, 0.1) is 4.47 Å². The van der Waals surface area contributed by atoms with Crippen LogP contribution < -0.4 is 0 Å². The minimum absolute atomic E-state index is 0.234. The minimum Gasteiger partial charge on any atom is -0.444 e. The summed E-state index contributed by atoms with van der Waals surface area (Å²) in [6.45, 7) is 6.89. The topological polar surface area (TPSA) is 29.5 Å². The average Bonchev–Trinajstić information content (AvgIpc) is 2.40. The van der Waals surface area contributed by atoms with Gasteiger partial charge in [-0.15, -0.1) is 0 Å². The highest BCUT2D eigenvalue weighted by Gasteiger charge is 2.27. The number of piperidine rings is 1. The molecule has 0 aromatic heterocycles. The molecule has 1 aliphatic rings. The Morgan fingerprint density at radius 3 is 2.48 bits per heavy atom. The lowest BCUT2D eigenvalue weighted by Gasteiger charge is -2.33. The Kier molecular flexibility index (Phi) is 4.91. The summed E-state index contributed by atoms with van der Waals surface area (Å²) >= 11 is 3.17. The van der Waals surface area contributed by atoms with Gasteiger partial charge in [0.1, 0.15) is 11.4 Å². The molecule has 0 N–H and O–H groups in total. The summed E-state index contributed by atoms with van der Waals surface area (Å²) in [7, 11) is 0. The molecule has 1 aliphatic heterocycles. The Morgan fingerprint density at radius 1 is 1.33 bits per heavy atom. The third kappa shape index (κ3) is 4.43. The molecule has 1 saturated heterocycles. The highest BCUT2D eigenvalue weighted by atomic mass is 79.9. The van der Waals surface area contributed by atoms with Crippen molar-refractivity contribution in [1.29, 1.82) is 0 Å². The molecule has 2 rings (SSSR count). The highest BCUT2D eigenvalue weighted by molar-refractivity contribution is 9.10. The van der Waals surface area contributed by atoms with Gasteiger partial charge in [0.15, 0.2) is 0 Å². The van der Waals surface area contributed by atoms with E-state index in [-0.39, 0.29) is 11.9 Å². The Labute approximate surface area is 133 Å². The number of carbonyl (C=O) groups is 1. The van der Waals surface area contributed by atoms with Gasteiger partial charge in [-0.2, -0.15) is 0 Å². The van der Waals surface area contributed by atoms with Crippen molar-refractivity contribution < 1.29 is 13.9 Å². The SMILES string of the molecule is CC(C)(C)OC(=O)N1CCC(c2ccc(Br)c(F)c2)CC1. The molecule has 1 amide bonds. The zero-order chi connectivity index (χ0) is 15.6. The van der Waals surface area contributed by atoms with E-state index in [9.17, 15) is 9.18 Å². The van der Waals surface area contributed by atoms with Crippen LogP contribution in [-0.2, 0) is 4.74 Å². The maximum absolute atomic E-state index is 13.6. The molecule has 0 atom stereocenters. The summed E-state index contributed by atoms with van der Waals surface area (Å²) in [5, 5.41) is 0. The Bertz CT molecular complexity index is 519. The van der Waals surface area contributed by atoms with Crippen LogP contribution in [0.1, 0.15) is 45.1 Å². The molecule has 0 bridgehead atoms. The molecule has 21 heavy (non-hydrogen) atoms. The number of halogens is 2. The van der Waals surface area contributed by atoms with Crippen LogP contribution in [0, 0.1) is 5.82 Å². The van der Waals surface area contributed by atoms with Gasteiger partial charge in [-0.05, 0) is 73.2 Å².